The van der Waals surface area contributed by atoms with Crippen molar-refractivity contribution < 1.29 is 4.92 Å². The molecule has 0 aliphatic heterocycles. The Morgan fingerprint density at radius 3 is 2.33 bits per heavy atom. The van der Waals surface area contributed by atoms with Gasteiger partial charge in [-0.2, -0.15) is 0 Å². The number of hydrogen-bond donors (Lipinski definition) is 1. The van der Waals surface area contributed by atoms with Crippen LogP contribution in [0.4, 0.5) is 5.69 Å². The third-order valence-electron chi connectivity index (χ3n) is 3.27. The second-order valence-electron chi connectivity index (χ2n) is 4.81. The minimum absolute atomic E-state index is 0.0309. The maximum atomic E-state index is 10.7. The number of nitro groups is 1. The first-order chi connectivity index (χ1) is 8.38. The molecule has 2 atom stereocenters. The van der Waals surface area contributed by atoms with Crippen LogP contribution in [-0.4, -0.2) is 18.0 Å². The lowest BCUT2D eigenvalue weighted by molar-refractivity contribution is -0.384. The summed E-state index contributed by atoms with van der Waals surface area (Å²) in [7, 11) is 1.90. The second kappa shape index (κ2) is 6.16. The Hall–Kier alpha value is -1.13. The van der Waals surface area contributed by atoms with Crippen molar-refractivity contribution in [2.24, 2.45) is 5.92 Å². The summed E-state index contributed by atoms with van der Waals surface area (Å²) >= 11 is 6.18. The lowest BCUT2D eigenvalue weighted by Crippen LogP contribution is -2.32. The number of benzene rings is 1. The molecular weight excluding hydrogens is 252 g/mol. The summed E-state index contributed by atoms with van der Waals surface area (Å²) in [5.41, 5.74) is 0.988. The number of nitro benzene ring substituents is 1. The van der Waals surface area contributed by atoms with Crippen LogP contribution in [0.15, 0.2) is 18.2 Å². The van der Waals surface area contributed by atoms with Crippen LogP contribution in [0.25, 0.3) is 0 Å². The molecule has 0 aliphatic rings. The van der Waals surface area contributed by atoms with Crippen LogP contribution >= 0.6 is 11.6 Å². The van der Waals surface area contributed by atoms with E-state index >= 15 is 0 Å². The highest BCUT2D eigenvalue weighted by atomic mass is 35.5. The molecule has 1 aromatic carbocycles. The second-order valence-corrected chi connectivity index (χ2v) is 5.22. The Morgan fingerprint density at radius 2 is 1.94 bits per heavy atom. The molecule has 5 heteroatoms. The molecule has 4 nitrogen and oxygen atoms in total. The molecule has 0 spiro atoms. The molecule has 0 saturated carbocycles. The first kappa shape index (κ1) is 14.9. The van der Waals surface area contributed by atoms with Crippen molar-refractivity contribution in [1.29, 1.82) is 0 Å². The van der Waals surface area contributed by atoms with Crippen LogP contribution < -0.4 is 5.32 Å². The Balaban J connectivity index is 3.17. The summed E-state index contributed by atoms with van der Waals surface area (Å²) in [6.45, 7) is 6.33. The van der Waals surface area contributed by atoms with Gasteiger partial charge < -0.3 is 5.32 Å². The number of nitrogens with zero attached hydrogens (tertiary/aromatic N) is 1. The van der Waals surface area contributed by atoms with Crippen molar-refractivity contribution >= 4 is 17.3 Å². The number of rotatable bonds is 5. The molecule has 0 radical (unpaired) electrons. The summed E-state index contributed by atoms with van der Waals surface area (Å²) in [6, 6.07) is 4.95. The average Bonchev–Trinajstić information content (AvgIpc) is 2.30. The maximum Gasteiger partial charge on any atom is 0.270 e. The van der Waals surface area contributed by atoms with Gasteiger partial charge in [-0.05, 0) is 25.5 Å². The Kier molecular flexibility index (Phi) is 5.11. The van der Waals surface area contributed by atoms with E-state index < -0.39 is 4.92 Å². The van der Waals surface area contributed by atoms with E-state index in [0.717, 1.165) is 5.56 Å². The predicted molar refractivity (Wildman–Crippen MR) is 74.2 cm³/mol. The molecule has 0 saturated heterocycles. The zero-order valence-electron chi connectivity index (χ0n) is 11.1. The van der Waals surface area contributed by atoms with Crippen molar-refractivity contribution in [3.05, 3.63) is 38.9 Å². The van der Waals surface area contributed by atoms with E-state index in [1.54, 1.807) is 6.07 Å². The molecule has 0 bridgehead atoms. The number of non-ortho nitro benzene ring substituents is 1. The van der Waals surface area contributed by atoms with E-state index in [2.05, 4.69) is 26.1 Å². The topological polar surface area (TPSA) is 55.2 Å². The van der Waals surface area contributed by atoms with Gasteiger partial charge in [0, 0.05) is 24.1 Å². The summed E-state index contributed by atoms with van der Waals surface area (Å²) in [5, 5.41) is 14.4. The SMILES string of the molecule is CNC(C)C(c1ccc([N+](=O)[O-])cc1Cl)C(C)C. The minimum atomic E-state index is -0.429. The molecule has 2 unspecified atom stereocenters. The summed E-state index contributed by atoms with van der Waals surface area (Å²) in [5.74, 6) is 0.620. The van der Waals surface area contributed by atoms with Crippen LogP contribution in [0.3, 0.4) is 0 Å². The van der Waals surface area contributed by atoms with Gasteiger partial charge in [0.1, 0.15) is 0 Å². The van der Waals surface area contributed by atoms with Crippen LogP contribution in [-0.2, 0) is 0 Å². The van der Waals surface area contributed by atoms with Crippen LogP contribution in [0, 0.1) is 16.0 Å². The van der Waals surface area contributed by atoms with Gasteiger partial charge in [-0.1, -0.05) is 31.5 Å². The van der Waals surface area contributed by atoms with Crippen molar-refractivity contribution in [2.45, 2.75) is 32.7 Å². The van der Waals surface area contributed by atoms with Gasteiger partial charge >= 0.3 is 0 Å². The largest absolute Gasteiger partial charge is 0.317 e. The van der Waals surface area contributed by atoms with Crippen LogP contribution in [0.2, 0.25) is 5.02 Å². The highest BCUT2D eigenvalue weighted by Gasteiger charge is 2.24. The molecule has 0 fully saturated rings. The van der Waals surface area contributed by atoms with E-state index in [-0.39, 0.29) is 17.6 Å². The van der Waals surface area contributed by atoms with Crippen molar-refractivity contribution in [2.75, 3.05) is 7.05 Å². The van der Waals surface area contributed by atoms with Gasteiger partial charge in [0.25, 0.3) is 5.69 Å². The van der Waals surface area contributed by atoms with Gasteiger partial charge in [0.2, 0.25) is 0 Å². The number of halogens is 1. The minimum Gasteiger partial charge on any atom is -0.317 e. The molecule has 0 aromatic heterocycles. The van der Waals surface area contributed by atoms with Gasteiger partial charge in [0.05, 0.1) is 9.95 Å². The van der Waals surface area contributed by atoms with E-state index in [1.807, 2.05) is 7.05 Å². The summed E-state index contributed by atoms with van der Waals surface area (Å²) in [6.07, 6.45) is 0. The molecule has 100 valence electrons. The number of nitrogens with one attached hydrogen (secondary N) is 1. The smallest absolute Gasteiger partial charge is 0.270 e. The predicted octanol–water partition coefficient (Wildman–Crippen LogP) is 3.60. The van der Waals surface area contributed by atoms with Crippen LogP contribution in [0.1, 0.15) is 32.3 Å². The number of hydrogen-bond acceptors (Lipinski definition) is 3. The standard InChI is InChI=1S/C13H19ClN2O2/c1-8(2)13(9(3)15-4)11-6-5-10(16(17)18)7-12(11)14/h5-9,13,15H,1-4H3. The number of likely N-dealkylation sites (N-methyl/N-ethyl adjacent to an activating group) is 1. The Labute approximate surface area is 112 Å². The quantitative estimate of drug-likeness (QED) is 0.657. The third-order valence-corrected chi connectivity index (χ3v) is 3.59. The van der Waals surface area contributed by atoms with Crippen LogP contribution in [0.5, 0.6) is 0 Å². The van der Waals surface area contributed by atoms with Gasteiger partial charge in [0.15, 0.2) is 0 Å². The first-order valence-corrected chi connectivity index (χ1v) is 6.37. The lowest BCUT2D eigenvalue weighted by Gasteiger charge is -2.28. The molecule has 18 heavy (non-hydrogen) atoms. The van der Waals surface area contributed by atoms with Crippen molar-refractivity contribution in [3.8, 4) is 0 Å². The normalized spacial score (nSPS) is 14.6. The van der Waals surface area contributed by atoms with Gasteiger partial charge in [-0.3, -0.25) is 10.1 Å². The Morgan fingerprint density at radius 1 is 1.33 bits per heavy atom. The fourth-order valence-electron chi connectivity index (χ4n) is 2.29. The molecular formula is C13H19ClN2O2. The molecule has 0 amide bonds. The first-order valence-electron chi connectivity index (χ1n) is 5.99. The zero-order valence-corrected chi connectivity index (χ0v) is 11.9. The van der Waals surface area contributed by atoms with E-state index in [9.17, 15) is 10.1 Å². The van der Waals surface area contributed by atoms with Crippen molar-refractivity contribution in [1.82, 2.24) is 5.32 Å². The van der Waals surface area contributed by atoms with Gasteiger partial charge in [-0.15, -0.1) is 0 Å². The highest BCUT2D eigenvalue weighted by molar-refractivity contribution is 6.31. The van der Waals surface area contributed by atoms with E-state index in [4.69, 9.17) is 11.6 Å². The summed E-state index contributed by atoms with van der Waals surface area (Å²) in [4.78, 5) is 10.3. The maximum absolute atomic E-state index is 10.7. The molecule has 0 heterocycles. The zero-order chi connectivity index (χ0) is 13.9. The van der Waals surface area contributed by atoms with E-state index in [1.165, 1.54) is 12.1 Å². The Bertz CT molecular complexity index is 435. The summed E-state index contributed by atoms with van der Waals surface area (Å²) < 4.78 is 0. The van der Waals surface area contributed by atoms with E-state index in [0.29, 0.717) is 10.9 Å². The third kappa shape index (κ3) is 3.21. The molecule has 1 rings (SSSR count). The van der Waals surface area contributed by atoms with Crippen molar-refractivity contribution in [3.63, 3.8) is 0 Å². The monoisotopic (exact) mass is 270 g/mol. The lowest BCUT2D eigenvalue weighted by atomic mass is 9.83. The average molecular weight is 271 g/mol. The molecule has 1 aromatic rings. The van der Waals surface area contributed by atoms with Gasteiger partial charge in [-0.25, -0.2) is 0 Å². The molecule has 0 aliphatic carbocycles. The highest BCUT2D eigenvalue weighted by Crippen LogP contribution is 2.34. The fourth-order valence-corrected chi connectivity index (χ4v) is 2.59. The fraction of sp³-hybridized carbons (Fsp3) is 0.538. The molecule has 1 N–H and O–H groups in total.